The van der Waals surface area contributed by atoms with Crippen LogP contribution in [0.15, 0.2) is 67.0 Å². The second-order valence-corrected chi connectivity index (χ2v) is 24.1. The number of benzene rings is 2. The van der Waals surface area contributed by atoms with Gasteiger partial charge in [0.1, 0.15) is 30.7 Å². The SMILES string of the molecule is C#C[C@]1(COP(=O)(N[C@@H](Cc2ccccc2)C(=O)OCCCCCCCCCCCCCCCCCC)Oc2ccccc2)O[C@@H](n2cnc3c(N)nc(F)nc32)C[C@@H]1OC(=O)CCCCCCCCCCCCCCCCCCC. The summed E-state index contributed by atoms with van der Waals surface area (Å²) in [7, 11) is -4.59. The van der Waals surface area contributed by atoms with Crippen LogP contribution in [-0.2, 0) is 39.3 Å². The van der Waals surface area contributed by atoms with Crippen LogP contribution in [0.5, 0.6) is 5.75 Å². The van der Waals surface area contributed by atoms with E-state index in [1.54, 1.807) is 30.3 Å². The van der Waals surface area contributed by atoms with Gasteiger partial charge in [-0.3, -0.25) is 18.7 Å². The van der Waals surface area contributed by atoms with E-state index in [-0.39, 0.29) is 48.6 Å². The van der Waals surface area contributed by atoms with Crippen LogP contribution in [0.1, 0.15) is 250 Å². The summed E-state index contributed by atoms with van der Waals surface area (Å²) in [6, 6.07) is 16.6. The highest BCUT2D eigenvalue weighted by molar-refractivity contribution is 7.52. The van der Waals surface area contributed by atoms with Gasteiger partial charge in [-0.2, -0.15) is 19.4 Å². The standard InChI is InChI=1S/C65H100FN6O8P/c1-4-7-9-11-13-15-17-19-21-23-24-26-28-30-32-34-42-48-59(73)78-57-51-58(72-53-68-60-61(67)69-64(66)70-62(60)72)79-65(57,6-3)52-77-81(75,80-55-46-40-37-41-47-55)71-56(50-54-44-38-36-39-45-54)63(74)76-49-43-35-33-31-29-27-25-22-20-18-16-14-12-10-8-5-2/h3,36-41,44-47,53,56-58H,4-5,7-35,42-43,48-52H2,1-2H3,(H,71,75)(H2,67,69,70)/t56-,57-,58+,65+,81?/m0/s1. The zero-order chi connectivity index (χ0) is 57.6. The fraction of sp³-hybridized carbons (Fsp3) is 0.677. The number of nitrogens with zero attached hydrogens (tertiary/aromatic N) is 4. The second-order valence-electron chi connectivity index (χ2n) is 22.4. The maximum absolute atomic E-state index is 15.3. The lowest BCUT2D eigenvalue weighted by molar-refractivity contribution is -0.158. The monoisotopic (exact) mass is 1140 g/mol. The first kappa shape index (κ1) is 66.9. The third-order valence-electron chi connectivity index (χ3n) is 15.6. The van der Waals surface area contributed by atoms with Crippen molar-refractivity contribution in [2.45, 2.75) is 269 Å². The number of ether oxygens (including phenoxy) is 3. The fourth-order valence-corrected chi connectivity index (χ4v) is 12.2. The molecule has 450 valence electrons. The highest BCUT2D eigenvalue weighted by Gasteiger charge is 2.53. The highest BCUT2D eigenvalue weighted by Crippen LogP contribution is 2.49. The Bertz CT molecular complexity index is 2420. The minimum absolute atomic E-state index is 0.0328. The Morgan fingerprint density at radius 1 is 0.728 bits per heavy atom. The van der Waals surface area contributed by atoms with E-state index >= 15 is 4.57 Å². The predicted molar refractivity (Wildman–Crippen MR) is 323 cm³/mol. The number of rotatable bonds is 47. The maximum Gasteiger partial charge on any atom is 0.459 e. The van der Waals surface area contributed by atoms with Gasteiger partial charge in [-0.05, 0) is 37.0 Å². The van der Waals surface area contributed by atoms with Gasteiger partial charge in [-0.15, -0.1) is 6.42 Å². The third-order valence-corrected chi connectivity index (χ3v) is 17.1. The smallest absolute Gasteiger partial charge is 0.459 e. The predicted octanol–water partition coefficient (Wildman–Crippen LogP) is 17.0. The summed E-state index contributed by atoms with van der Waals surface area (Å²) < 4.78 is 62.5. The molecular weight excluding hydrogens is 1040 g/mol. The van der Waals surface area contributed by atoms with Crippen molar-refractivity contribution in [3.63, 3.8) is 0 Å². The first-order chi connectivity index (χ1) is 39.6. The Balaban J connectivity index is 1.18. The summed E-state index contributed by atoms with van der Waals surface area (Å²) in [4.78, 5) is 39.7. The number of nitrogens with one attached hydrogen (secondary N) is 1. The molecule has 14 nitrogen and oxygen atoms in total. The molecule has 5 atom stereocenters. The lowest BCUT2D eigenvalue weighted by Crippen LogP contribution is -2.46. The van der Waals surface area contributed by atoms with Crippen molar-refractivity contribution in [3.05, 3.63) is 78.6 Å². The molecular formula is C65H100FN6O8P. The second kappa shape index (κ2) is 39.6. The zero-order valence-corrected chi connectivity index (χ0v) is 50.4. The fourth-order valence-electron chi connectivity index (χ4n) is 10.7. The van der Waals surface area contributed by atoms with E-state index in [0.29, 0.717) is 12.8 Å². The van der Waals surface area contributed by atoms with Crippen molar-refractivity contribution < 1.29 is 41.8 Å². The molecule has 81 heavy (non-hydrogen) atoms. The lowest BCUT2D eigenvalue weighted by atomic mass is 9.98. The molecule has 2 aromatic heterocycles. The molecule has 0 bridgehead atoms. The van der Waals surface area contributed by atoms with E-state index in [1.807, 2.05) is 30.3 Å². The summed E-state index contributed by atoms with van der Waals surface area (Å²) in [6.45, 7) is 4.09. The molecule has 0 radical (unpaired) electrons. The molecule has 1 saturated heterocycles. The summed E-state index contributed by atoms with van der Waals surface area (Å²) in [5.41, 5.74) is 5.10. The van der Waals surface area contributed by atoms with Crippen LogP contribution in [-0.4, -0.2) is 62.4 Å². The topological polar surface area (TPSA) is 179 Å². The van der Waals surface area contributed by atoms with E-state index in [1.165, 1.54) is 171 Å². The number of anilines is 1. The molecule has 0 aliphatic carbocycles. The van der Waals surface area contributed by atoms with Gasteiger partial charge < -0.3 is 24.5 Å². The summed E-state index contributed by atoms with van der Waals surface area (Å²) in [5.74, 6) is 1.57. The molecule has 5 rings (SSSR count). The molecule has 1 fully saturated rings. The van der Waals surface area contributed by atoms with Crippen LogP contribution >= 0.6 is 7.75 Å². The Hall–Kier alpha value is -4.87. The molecule has 0 saturated carbocycles. The quantitative estimate of drug-likeness (QED) is 0.0140. The molecule has 1 aliphatic heterocycles. The van der Waals surface area contributed by atoms with Crippen LogP contribution in [0.2, 0.25) is 0 Å². The molecule has 0 amide bonds. The van der Waals surface area contributed by atoms with Crippen molar-refractivity contribution >= 4 is 36.7 Å². The van der Waals surface area contributed by atoms with Crippen molar-refractivity contribution in [3.8, 4) is 18.1 Å². The molecule has 3 N–H and O–H groups in total. The third kappa shape index (κ3) is 25.7. The van der Waals surface area contributed by atoms with Crippen LogP contribution in [0, 0.1) is 18.4 Å². The average molecular weight is 1140 g/mol. The van der Waals surface area contributed by atoms with Gasteiger partial charge in [0.25, 0.3) is 0 Å². The lowest BCUT2D eigenvalue weighted by Gasteiger charge is -2.31. The number of hydrogen-bond donors (Lipinski definition) is 2. The number of unbranched alkanes of at least 4 members (excludes halogenated alkanes) is 31. The normalized spacial score (nSPS) is 17.2. The number of halogens is 1. The Morgan fingerprint density at radius 2 is 1.21 bits per heavy atom. The maximum atomic E-state index is 15.3. The molecule has 16 heteroatoms. The van der Waals surface area contributed by atoms with E-state index in [0.717, 1.165) is 44.1 Å². The average Bonchev–Trinajstić information content (AvgIpc) is 4.26. The van der Waals surface area contributed by atoms with E-state index in [9.17, 15) is 14.0 Å². The number of nitrogens with two attached hydrogens (primary N) is 1. The minimum Gasteiger partial charge on any atom is -0.465 e. The van der Waals surface area contributed by atoms with Gasteiger partial charge in [0.05, 0.1) is 12.9 Å². The molecule has 0 spiro atoms. The number of esters is 2. The van der Waals surface area contributed by atoms with Crippen molar-refractivity contribution in [2.24, 2.45) is 0 Å². The van der Waals surface area contributed by atoms with E-state index in [4.69, 9.17) is 35.4 Å². The summed E-state index contributed by atoms with van der Waals surface area (Å²) in [5, 5.41) is 2.92. The first-order valence-corrected chi connectivity index (χ1v) is 33.1. The number of imidazole rings is 1. The summed E-state index contributed by atoms with van der Waals surface area (Å²) >= 11 is 0. The van der Waals surface area contributed by atoms with Gasteiger partial charge in [0.15, 0.2) is 22.6 Å². The number of para-hydroxylation sites is 1. The number of terminal acetylenes is 1. The number of fused-ring (bicyclic) bond motifs is 1. The zero-order valence-electron chi connectivity index (χ0n) is 49.5. The first-order valence-electron chi connectivity index (χ1n) is 31.6. The van der Waals surface area contributed by atoms with Gasteiger partial charge in [0, 0.05) is 12.8 Å². The van der Waals surface area contributed by atoms with Gasteiger partial charge in [0.2, 0.25) is 0 Å². The van der Waals surface area contributed by atoms with Gasteiger partial charge >= 0.3 is 25.8 Å². The van der Waals surface area contributed by atoms with E-state index in [2.05, 4.69) is 39.8 Å². The number of carbonyl (C=O) groups is 2. The van der Waals surface area contributed by atoms with Gasteiger partial charge in [-0.25, -0.2) is 9.55 Å². The van der Waals surface area contributed by atoms with Crippen LogP contribution in [0.3, 0.4) is 0 Å². The van der Waals surface area contributed by atoms with Crippen molar-refractivity contribution in [1.82, 2.24) is 24.6 Å². The van der Waals surface area contributed by atoms with Crippen LogP contribution < -0.4 is 15.3 Å². The van der Waals surface area contributed by atoms with Gasteiger partial charge in [-0.1, -0.05) is 267 Å². The van der Waals surface area contributed by atoms with Crippen molar-refractivity contribution in [1.29, 1.82) is 0 Å². The molecule has 1 unspecified atom stereocenters. The highest BCUT2D eigenvalue weighted by atomic mass is 31.2. The number of nitrogen functional groups attached to an aromatic ring is 1. The van der Waals surface area contributed by atoms with E-state index < -0.39 is 56.3 Å². The molecule has 2 aromatic carbocycles. The Morgan fingerprint density at radius 3 is 1.72 bits per heavy atom. The minimum atomic E-state index is -4.59. The van der Waals surface area contributed by atoms with Crippen LogP contribution in [0.4, 0.5) is 10.2 Å². The largest absolute Gasteiger partial charge is 0.465 e. The molecule has 3 heterocycles. The molecule has 1 aliphatic rings. The Labute approximate surface area is 485 Å². The molecule has 4 aromatic rings. The number of aromatic nitrogens is 4. The number of hydrogen-bond acceptors (Lipinski definition) is 12. The Kier molecular flexibility index (Phi) is 32.7. The van der Waals surface area contributed by atoms with Crippen LogP contribution in [0.25, 0.3) is 11.2 Å². The number of carbonyl (C=O) groups excluding carboxylic acids is 2. The van der Waals surface area contributed by atoms with Crippen molar-refractivity contribution in [2.75, 3.05) is 18.9 Å². The summed E-state index contributed by atoms with van der Waals surface area (Å²) in [6.07, 6.45) is 45.1.